The lowest BCUT2D eigenvalue weighted by molar-refractivity contribution is -0.384. The van der Waals surface area contributed by atoms with Crippen LogP contribution in [0.4, 0.5) is 11.4 Å². The summed E-state index contributed by atoms with van der Waals surface area (Å²) in [4.78, 5) is 10.3. The first-order valence-electron chi connectivity index (χ1n) is 5.94. The number of anilines is 1. The lowest BCUT2D eigenvalue weighted by atomic mass is 9.88. The summed E-state index contributed by atoms with van der Waals surface area (Å²) >= 11 is 0. The van der Waals surface area contributed by atoms with Crippen molar-refractivity contribution in [2.24, 2.45) is 5.41 Å². The Bertz CT molecular complexity index is 506. The molecule has 6 heteroatoms. The molecule has 6 nitrogen and oxygen atoms in total. The molecule has 1 rings (SSSR count). The Morgan fingerprint density at radius 3 is 2.79 bits per heavy atom. The molecule has 0 aromatic heterocycles. The van der Waals surface area contributed by atoms with Crippen molar-refractivity contribution in [3.8, 4) is 11.8 Å². The zero-order valence-corrected chi connectivity index (χ0v) is 11.0. The Morgan fingerprint density at radius 1 is 1.53 bits per heavy atom. The van der Waals surface area contributed by atoms with Gasteiger partial charge in [0.2, 0.25) is 0 Å². The van der Waals surface area contributed by atoms with Crippen molar-refractivity contribution in [3.63, 3.8) is 0 Å². The molecule has 0 saturated heterocycles. The quantitative estimate of drug-likeness (QED) is 0.467. The molecule has 0 heterocycles. The van der Waals surface area contributed by atoms with Gasteiger partial charge < -0.3 is 10.4 Å². The van der Waals surface area contributed by atoms with Gasteiger partial charge in [0.1, 0.15) is 11.4 Å². The van der Waals surface area contributed by atoms with Crippen LogP contribution in [0.2, 0.25) is 0 Å². The summed E-state index contributed by atoms with van der Waals surface area (Å²) in [5.41, 5.74) is 0.0745. The molecular formula is C13H17N3O3. The first-order chi connectivity index (χ1) is 8.85. The molecule has 0 fully saturated rings. The van der Waals surface area contributed by atoms with Gasteiger partial charge in [-0.2, -0.15) is 5.26 Å². The van der Waals surface area contributed by atoms with Gasteiger partial charge in [0.25, 0.3) is 5.69 Å². The maximum atomic E-state index is 10.9. The second-order valence-corrected chi connectivity index (χ2v) is 5.13. The molecule has 0 atom stereocenters. The summed E-state index contributed by atoms with van der Waals surface area (Å²) in [6.45, 7) is 4.49. The van der Waals surface area contributed by atoms with Crippen molar-refractivity contribution >= 4 is 11.4 Å². The summed E-state index contributed by atoms with van der Waals surface area (Å²) in [5.74, 6) is -0.138. The van der Waals surface area contributed by atoms with E-state index >= 15 is 0 Å². The summed E-state index contributed by atoms with van der Waals surface area (Å²) in [6.07, 6.45) is 1.16. The second kappa shape index (κ2) is 6.05. The number of nitrogens with zero attached hydrogens (tertiary/aromatic N) is 2. The predicted octanol–water partition coefficient (Wildman–Crippen LogP) is 3.04. The standard InChI is InChI=1S/C13H17N3O3/c1-13(2,6-3-7-14)9-15-11-5-4-10(17)8-12(11)16(18)19/h4-5,8,15,17H,3,6,9H2,1-2H3. The highest BCUT2D eigenvalue weighted by atomic mass is 16.6. The van der Waals surface area contributed by atoms with Crippen LogP contribution in [0.15, 0.2) is 18.2 Å². The minimum atomic E-state index is -0.537. The van der Waals surface area contributed by atoms with Crippen LogP contribution < -0.4 is 5.32 Å². The Balaban J connectivity index is 2.78. The molecule has 1 aromatic carbocycles. The molecule has 0 aliphatic rings. The van der Waals surface area contributed by atoms with Gasteiger partial charge in [-0.3, -0.25) is 10.1 Å². The SMILES string of the molecule is CC(C)(CCC#N)CNc1ccc(O)cc1[N+](=O)[O-]. The van der Waals surface area contributed by atoms with Gasteiger partial charge in [-0.15, -0.1) is 0 Å². The maximum absolute atomic E-state index is 10.9. The van der Waals surface area contributed by atoms with Crippen molar-refractivity contribution in [1.82, 2.24) is 0 Å². The topological polar surface area (TPSA) is 99.2 Å². The minimum Gasteiger partial charge on any atom is -0.508 e. The number of hydrogen-bond acceptors (Lipinski definition) is 5. The van der Waals surface area contributed by atoms with E-state index in [-0.39, 0.29) is 16.9 Å². The molecule has 19 heavy (non-hydrogen) atoms. The van der Waals surface area contributed by atoms with Gasteiger partial charge >= 0.3 is 0 Å². The predicted molar refractivity (Wildman–Crippen MR) is 71.9 cm³/mol. The van der Waals surface area contributed by atoms with E-state index in [4.69, 9.17) is 5.26 Å². The molecule has 1 aromatic rings. The molecule has 0 saturated carbocycles. The fraction of sp³-hybridized carbons (Fsp3) is 0.462. The van der Waals surface area contributed by atoms with E-state index in [1.807, 2.05) is 13.8 Å². The normalized spacial score (nSPS) is 10.8. The highest BCUT2D eigenvalue weighted by Gasteiger charge is 2.20. The molecule has 0 radical (unpaired) electrons. The van der Waals surface area contributed by atoms with Crippen molar-refractivity contribution in [1.29, 1.82) is 5.26 Å². The minimum absolute atomic E-state index is 0.137. The number of nitrogens with one attached hydrogen (secondary N) is 1. The van der Waals surface area contributed by atoms with Crippen molar-refractivity contribution in [3.05, 3.63) is 28.3 Å². The molecular weight excluding hydrogens is 246 g/mol. The smallest absolute Gasteiger partial charge is 0.296 e. The second-order valence-electron chi connectivity index (χ2n) is 5.13. The van der Waals surface area contributed by atoms with Crippen LogP contribution in [0, 0.1) is 26.9 Å². The zero-order valence-electron chi connectivity index (χ0n) is 11.0. The summed E-state index contributed by atoms with van der Waals surface area (Å²) in [6, 6.07) is 6.09. The summed E-state index contributed by atoms with van der Waals surface area (Å²) in [7, 11) is 0. The zero-order chi connectivity index (χ0) is 14.5. The van der Waals surface area contributed by atoms with Crippen LogP contribution in [0.3, 0.4) is 0 Å². The lowest BCUT2D eigenvalue weighted by Gasteiger charge is -2.24. The van der Waals surface area contributed by atoms with Crippen LogP contribution in [0.5, 0.6) is 5.75 Å². The number of nitro benzene ring substituents is 1. The maximum Gasteiger partial charge on any atom is 0.296 e. The third-order valence-corrected chi connectivity index (χ3v) is 2.85. The van der Waals surface area contributed by atoms with Crippen LogP contribution in [-0.2, 0) is 0 Å². The number of benzene rings is 1. The first-order valence-corrected chi connectivity index (χ1v) is 5.94. The van der Waals surface area contributed by atoms with Gasteiger partial charge in [0, 0.05) is 13.0 Å². The molecule has 0 unspecified atom stereocenters. The van der Waals surface area contributed by atoms with E-state index < -0.39 is 4.92 Å². The third-order valence-electron chi connectivity index (χ3n) is 2.85. The van der Waals surface area contributed by atoms with E-state index in [9.17, 15) is 15.2 Å². The summed E-state index contributed by atoms with van der Waals surface area (Å²) < 4.78 is 0. The highest BCUT2D eigenvalue weighted by Crippen LogP contribution is 2.30. The van der Waals surface area contributed by atoms with Gasteiger partial charge in [-0.05, 0) is 24.0 Å². The van der Waals surface area contributed by atoms with Gasteiger partial charge in [-0.1, -0.05) is 13.8 Å². The number of phenolic OH excluding ortho intramolecular Hbond substituents is 1. The molecule has 102 valence electrons. The van der Waals surface area contributed by atoms with E-state index in [1.165, 1.54) is 12.1 Å². The molecule has 0 amide bonds. The Labute approximate surface area is 111 Å². The lowest BCUT2D eigenvalue weighted by Crippen LogP contribution is -2.23. The first kappa shape index (κ1) is 14.8. The van der Waals surface area contributed by atoms with Gasteiger partial charge in [0.15, 0.2) is 0 Å². The average Bonchev–Trinajstić information content (AvgIpc) is 2.35. The van der Waals surface area contributed by atoms with E-state index in [0.29, 0.717) is 25.1 Å². The third kappa shape index (κ3) is 4.47. The van der Waals surface area contributed by atoms with Gasteiger partial charge in [-0.25, -0.2) is 0 Å². The number of aromatic hydroxyl groups is 1. The number of hydrogen-bond donors (Lipinski definition) is 2. The highest BCUT2D eigenvalue weighted by molar-refractivity contribution is 5.63. The van der Waals surface area contributed by atoms with Crippen LogP contribution in [-0.4, -0.2) is 16.6 Å². The number of phenols is 1. The number of nitro groups is 1. The molecule has 2 N–H and O–H groups in total. The number of nitriles is 1. The Kier molecular flexibility index (Phi) is 4.70. The van der Waals surface area contributed by atoms with Crippen LogP contribution in [0.1, 0.15) is 26.7 Å². The van der Waals surface area contributed by atoms with Crippen LogP contribution >= 0.6 is 0 Å². The molecule has 0 bridgehead atoms. The fourth-order valence-corrected chi connectivity index (χ4v) is 1.64. The van der Waals surface area contributed by atoms with Crippen LogP contribution in [0.25, 0.3) is 0 Å². The van der Waals surface area contributed by atoms with Crippen molar-refractivity contribution in [2.75, 3.05) is 11.9 Å². The summed E-state index contributed by atoms with van der Waals surface area (Å²) in [5, 5.41) is 31.7. The van der Waals surface area contributed by atoms with Crippen molar-refractivity contribution < 1.29 is 10.0 Å². The fourth-order valence-electron chi connectivity index (χ4n) is 1.64. The molecule has 0 spiro atoms. The average molecular weight is 263 g/mol. The van der Waals surface area contributed by atoms with Gasteiger partial charge in [0.05, 0.1) is 17.1 Å². The Hall–Kier alpha value is -2.29. The monoisotopic (exact) mass is 263 g/mol. The molecule has 0 aliphatic carbocycles. The number of rotatable bonds is 6. The molecule has 0 aliphatic heterocycles. The van der Waals surface area contributed by atoms with E-state index in [1.54, 1.807) is 0 Å². The van der Waals surface area contributed by atoms with Crippen molar-refractivity contribution in [2.45, 2.75) is 26.7 Å². The van der Waals surface area contributed by atoms with E-state index in [0.717, 1.165) is 6.07 Å². The largest absolute Gasteiger partial charge is 0.508 e. The van der Waals surface area contributed by atoms with E-state index in [2.05, 4.69) is 11.4 Å². The Morgan fingerprint density at radius 2 is 2.21 bits per heavy atom.